The van der Waals surface area contributed by atoms with E-state index in [1.807, 2.05) is 30.4 Å². The minimum absolute atomic E-state index is 0.0906. The molecule has 0 fully saturated rings. The maximum Gasteiger partial charge on any atom is 0.135 e. The molecular formula is C23H29NO5S. The van der Waals surface area contributed by atoms with Crippen molar-refractivity contribution in [2.75, 3.05) is 27.9 Å². The van der Waals surface area contributed by atoms with Crippen LogP contribution in [0.4, 0.5) is 0 Å². The summed E-state index contributed by atoms with van der Waals surface area (Å²) in [6.07, 6.45) is 6.42. The molecule has 0 saturated heterocycles. The minimum atomic E-state index is -0.654. The van der Waals surface area contributed by atoms with Crippen molar-refractivity contribution < 1.29 is 24.1 Å². The van der Waals surface area contributed by atoms with Gasteiger partial charge in [-0.25, -0.2) is 0 Å². The zero-order valence-corrected chi connectivity index (χ0v) is 18.4. The number of hydrogen-bond acceptors (Lipinski definition) is 7. The first-order valence-electron chi connectivity index (χ1n) is 9.85. The van der Waals surface area contributed by atoms with Crippen molar-refractivity contribution in [3.63, 3.8) is 0 Å². The molecule has 2 aliphatic carbocycles. The SMILES string of the molecule is COC1=CC(OC)=C(SNCC2=CCC(OCc3ccccc3)C(OC)=C2)C(O)C1. The van der Waals surface area contributed by atoms with Gasteiger partial charge in [0.15, 0.2) is 0 Å². The number of allylic oxidation sites excluding steroid dienone is 1. The predicted octanol–water partition coefficient (Wildman–Crippen LogP) is 3.82. The van der Waals surface area contributed by atoms with Crippen LogP contribution in [-0.2, 0) is 25.6 Å². The van der Waals surface area contributed by atoms with Gasteiger partial charge in [-0.3, -0.25) is 4.72 Å². The maximum absolute atomic E-state index is 10.4. The van der Waals surface area contributed by atoms with Gasteiger partial charge in [0.05, 0.1) is 38.9 Å². The second-order valence-corrected chi connectivity index (χ2v) is 7.87. The first kappa shape index (κ1) is 22.5. The van der Waals surface area contributed by atoms with E-state index < -0.39 is 6.10 Å². The lowest BCUT2D eigenvalue weighted by atomic mass is 10.0. The van der Waals surface area contributed by atoms with Crippen LogP contribution in [0.2, 0.25) is 0 Å². The predicted molar refractivity (Wildman–Crippen MR) is 118 cm³/mol. The third-order valence-corrected chi connectivity index (χ3v) is 5.92. The summed E-state index contributed by atoms with van der Waals surface area (Å²) in [5, 5.41) is 10.4. The lowest BCUT2D eigenvalue weighted by molar-refractivity contribution is 0.0290. The first-order chi connectivity index (χ1) is 14.6. The second kappa shape index (κ2) is 11.3. The van der Waals surface area contributed by atoms with Gasteiger partial charge in [-0.05, 0) is 35.6 Å². The summed E-state index contributed by atoms with van der Waals surface area (Å²) < 4.78 is 25.6. The summed E-state index contributed by atoms with van der Waals surface area (Å²) >= 11 is 1.37. The Balaban J connectivity index is 1.54. The van der Waals surface area contributed by atoms with E-state index in [9.17, 15) is 5.11 Å². The van der Waals surface area contributed by atoms with Crippen molar-refractivity contribution in [2.45, 2.75) is 31.7 Å². The molecule has 1 aromatic carbocycles. The Bertz CT molecular complexity index is 831. The molecule has 0 bridgehead atoms. The van der Waals surface area contributed by atoms with Gasteiger partial charge in [-0.15, -0.1) is 0 Å². The zero-order chi connectivity index (χ0) is 21.3. The van der Waals surface area contributed by atoms with Gasteiger partial charge >= 0.3 is 0 Å². The van der Waals surface area contributed by atoms with E-state index in [1.54, 1.807) is 21.3 Å². The molecule has 0 spiro atoms. The van der Waals surface area contributed by atoms with E-state index in [2.05, 4.69) is 22.9 Å². The monoisotopic (exact) mass is 431 g/mol. The van der Waals surface area contributed by atoms with E-state index >= 15 is 0 Å². The molecule has 2 N–H and O–H groups in total. The lowest BCUT2D eigenvalue weighted by Crippen LogP contribution is -2.23. The van der Waals surface area contributed by atoms with Gasteiger partial charge in [-0.2, -0.15) is 0 Å². The Hall–Kier alpha value is -2.19. The molecule has 0 aliphatic heterocycles. The highest BCUT2D eigenvalue weighted by molar-refractivity contribution is 8.01. The van der Waals surface area contributed by atoms with Crippen LogP contribution in [0.5, 0.6) is 0 Å². The third-order valence-electron chi connectivity index (χ3n) is 4.94. The second-order valence-electron chi connectivity index (χ2n) is 6.94. The van der Waals surface area contributed by atoms with Crippen molar-refractivity contribution in [3.05, 3.63) is 81.9 Å². The highest BCUT2D eigenvalue weighted by Crippen LogP contribution is 2.32. The molecule has 2 atom stereocenters. The van der Waals surface area contributed by atoms with Crippen LogP contribution in [-0.4, -0.2) is 45.2 Å². The van der Waals surface area contributed by atoms with Crippen molar-refractivity contribution in [2.24, 2.45) is 0 Å². The van der Waals surface area contributed by atoms with Crippen molar-refractivity contribution in [1.29, 1.82) is 0 Å². The highest BCUT2D eigenvalue weighted by atomic mass is 32.2. The Morgan fingerprint density at radius 3 is 2.57 bits per heavy atom. The van der Waals surface area contributed by atoms with Gasteiger partial charge in [-0.1, -0.05) is 36.4 Å². The zero-order valence-electron chi connectivity index (χ0n) is 17.6. The molecule has 30 heavy (non-hydrogen) atoms. The summed E-state index contributed by atoms with van der Waals surface area (Å²) in [6.45, 7) is 1.17. The minimum Gasteiger partial charge on any atom is -0.501 e. The first-order valence-corrected chi connectivity index (χ1v) is 10.7. The number of ether oxygens (including phenoxy) is 4. The smallest absolute Gasteiger partial charge is 0.135 e. The fourth-order valence-electron chi connectivity index (χ4n) is 3.28. The number of aliphatic hydroxyl groups is 1. The van der Waals surface area contributed by atoms with Crippen LogP contribution in [0.15, 0.2) is 76.3 Å². The van der Waals surface area contributed by atoms with Crippen LogP contribution in [0.1, 0.15) is 18.4 Å². The van der Waals surface area contributed by atoms with Crippen LogP contribution in [0.25, 0.3) is 0 Å². The standard InChI is InChI=1S/C23H29NO5S/c1-26-18-12-19(25)23(22(13-18)28-3)30-24-14-17-9-10-20(21(11-17)27-2)29-15-16-7-5-4-6-8-16/h4-9,11,13,19-20,24-25H,10,12,14-15H2,1-3H3. The normalized spacial score (nSPS) is 21.5. The number of benzene rings is 1. The molecule has 0 aromatic heterocycles. The average Bonchev–Trinajstić information content (AvgIpc) is 2.79. The van der Waals surface area contributed by atoms with Crippen LogP contribution in [0.3, 0.4) is 0 Å². The molecule has 0 amide bonds. The van der Waals surface area contributed by atoms with Crippen LogP contribution >= 0.6 is 11.9 Å². The average molecular weight is 432 g/mol. The van der Waals surface area contributed by atoms with Gasteiger partial charge < -0.3 is 24.1 Å². The van der Waals surface area contributed by atoms with E-state index in [0.717, 1.165) is 28.2 Å². The van der Waals surface area contributed by atoms with Crippen molar-refractivity contribution in [1.82, 2.24) is 4.72 Å². The quantitative estimate of drug-likeness (QED) is 0.546. The fourth-order valence-corrected chi connectivity index (χ4v) is 4.14. The summed E-state index contributed by atoms with van der Waals surface area (Å²) in [7, 11) is 4.85. The fraction of sp³-hybridized carbons (Fsp3) is 0.391. The van der Waals surface area contributed by atoms with E-state index in [0.29, 0.717) is 31.1 Å². The number of rotatable bonds is 10. The Labute approximate surface area is 182 Å². The Kier molecular flexibility index (Phi) is 8.45. The molecule has 1 aromatic rings. The molecule has 0 saturated carbocycles. The Morgan fingerprint density at radius 2 is 1.87 bits per heavy atom. The summed E-state index contributed by atoms with van der Waals surface area (Å²) in [5.41, 5.74) is 2.25. The molecule has 7 heteroatoms. The van der Waals surface area contributed by atoms with Crippen molar-refractivity contribution >= 4 is 11.9 Å². The highest BCUT2D eigenvalue weighted by Gasteiger charge is 2.25. The largest absolute Gasteiger partial charge is 0.501 e. The van der Waals surface area contributed by atoms with E-state index in [4.69, 9.17) is 18.9 Å². The topological polar surface area (TPSA) is 69.2 Å². The number of methoxy groups -OCH3 is 3. The summed E-state index contributed by atoms with van der Waals surface area (Å²) in [6, 6.07) is 10.1. The van der Waals surface area contributed by atoms with Crippen LogP contribution in [0, 0.1) is 0 Å². The van der Waals surface area contributed by atoms with Crippen LogP contribution < -0.4 is 4.72 Å². The number of nitrogens with one attached hydrogen (secondary N) is 1. The number of aliphatic hydroxyl groups excluding tert-OH is 1. The van der Waals surface area contributed by atoms with Gasteiger partial charge in [0, 0.05) is 19.0 Å². The molecule has 0 radical (unpaired) electrons. The number of hydrogen-bond donors (Lipinski definition) is 2. The third kappa shape index (κ3) is 5.92. The summed E-state index contributed by atoms with van der Waals surface area (Å²) in [4.78, 5) is 0.745. The van der Waals surface area contributed by atoms with Gasteiger partial charge in [0.2, 0.25) is 0 Å². The molecule has 3 rings (SSSR count). The van der Waals surface area contributed by atoms with Crippen molar-refractivity contribution in [3.8, 4) is 0 Å². The molecule has 6 nitrogen and oxygen atoms in total. The molecule has 162 valence electrons. The van der Waals surface area contributed by atoms with Gasteiger partial charge in [0.25, 0.3) is 0 Å². The molecule has 2 unspecified atom stereocenters. The van der Waals surface area contributed by atoms with E-state index in [1.165, 1.54) is 11.9 Å². The Morgan fingerprint density at radius 1 is 1.07 bits per heavy atom. The molecular weight excluding hydrogens is 402 g/mol. The lowest BCUT2D eigenvalue weighted by Gasteiger charge is -2.24. The molecule has 0 heterocycles. The summed E-state index contributed by atoms with van der Waals surface area (Å²) in [5.74, 6) is 2.13. The van der Waals surface area contributed by atoms with Gasteiger partial charge in [0.1, 0.15) is 23.4 Å². The maximum atomic E-state index is 10.4. The molecule has 2 aliphatic rings. The van der Waals surface area contributed by atoms with E-state index in [-0.39, 0.29) is 6.10 Å².